The second-order valence-corrected chi connectivity index (χ2v) is 4.04. The third kappa shape index (κ3) is 3.35. The number of halogens is 1. The van der Waals surface area contributed by atoms with E-state index in [1.807, 2.05) is 0 Å². The number of esters is 1. The molecule has 0 aliphatic rings. The number of aryl methyl sites for hydroxylation is 1. The maximum absolute atomic E-state index is 11.5. The van der Waals surface area contributed by atoms with E-state index >= 15 is 0 Å². The first kappa shape index (κ1) is 12.7. The van der Waals surface area contributed by atoms with E-state index in [0.29, 0.717) is 25.0 Å². The van der Waals surface area contributed by atoms with Gasteiger partial charge in [0.15, 0.2) is 0 Å². The number of hydrogen-bond donors (Lipinski definition) is 0. The lowest BCUT2D eigenvalue weighted by atomic mass is 10.1. The van der Waals surface area contributed by atoms with Crippen LogP contribution in [-0.2, 0) is 11.2 Å². The lowest BCUT2D eigenvalue weighted by Gasteiger charge is -2.06. The highest BCUT2D eigenvalue weighted by Crippen LogP contribution is 2.20. The minimum absolute atomic E-state index is 0.326. The molecule has 0 N–H and O–H groups in total. The summed E-state index contributed by atoms with van der Waals surface area (Å²) in [6.07, 6.45) is 1.06. The predicted molar refractivity (Wildman–Crippen MR) is 64.0 cm³/mol. The normalized spacial score (nSPS) is 9.56. The fourth-order valence-corrected chi connectivity index (χ4v) is 1.74. The molecule has 0 saturated carbocycles. The lowest BCUT2D eigenvalue weighted by Crippen LogP contribution is -2.05. The number of hydrogen-bond acceptors (Lipinski definition) is 3. The van der Waals surface area contributed by atoms with Gasteiger partial charge < -0.3 is 4.74 Å². The van der Waals surface area contributed by atoms with E-state index in [9.17, 15) is 4.79 Å². The predicted octanol–water partition coefficient (Wildman–Crippen LogP) is 3.08. The number of carbonyl (C=O) groups is 1. The molecule has 0 unspecified atom stereocenters. The highest BCUT2D eigenvalue weighted by atomic mass is 79.9. The Morgan fingerprint density at radius 3 is 2.94 bits per heavy atom. The van der Waals surface area contributed by atoms with Crippen LogP contribution in [0.1, 0.15) is 29.3 Å². The van der Waals surface area contributed by atoms with Crippen LogP contribution in [0.25, 0.3) is 0 Å². The van der Waals surface area contributed by atoms with Crippen molar-refractivity contribution in [3.05, 3.63) is 33.8 Å². The molecule has 0 saturated heterocycles. The monoisotopic (exact) mass is 281 g/mol. The molecule has 4 heteroatoms. The molecule has 1 aromatic carbocycles. The van der Waals surface area contributed by atoms with Gasteiger partial charge in [0.2, 0.25) is 0 Å². The van der Waals surface area contributed by atoms with Crippen molar-refractivity contribution in [2.45, 2.75) is 19.8 Å². The van der Waals surface area contributed by atoms with E-state index in [1.54, 1.807) is 25.1 Å². The Labute approximate surface area is 103 Å². The number of carbonyl (C=O) groups excluding carboxylic acids is 1. The molecule has 0 aliphatic carbocycles. The van der Waals surface area contributed by atoms with Gasteiger partial charge in [-0.25, -0.2) is 4.79 Å². The molecule has 0 fully saturated rings. The van der Waals surface area contributed by atoms with Gasteiger partial charge >= 0.3 is 5.97 Å². The van der Waals surface area contributed by atoms with Crippen LogP contribution in [0.5, 0.6) is 0 Å². The van der Waals surface area contributed by atoms with Crippen molar-refractivity contribution >= 4 is 21.9 Å². The summed E-state index contributed by atoms with van der Waals surface area (Å²) in [5.74, 6) is -0.326. The van der Waals surface area contributed by atoms with Crippen molar-refractivity contribution in [1.82, 2.24) is 0 Å². The molecule has 0 aromatic heterocycles. The van der Waals surface area contributed by atoms with Crippen molar-refractivity contribution < 1.29 is 9.53 Å². The molecular formula is C12H12BrNO2. The third-order valence-corrected chi connectivity index (χ3v) is 2.84. The van der Waals surface area contributed by atoms with Crippen molar-refractivity contribution in [2.75, 3.05) is 6.61 Å². The van der Waals surface area contributed by atoms with E-state index in [2.05, 4.69) is 22.0 Å². The van der Waals surface area contributed by atoms with Crippen molar-refractivity contribution in [1.29, 1.82) is 5.26 Å². The Kier molecular flexibility index (Phi) is 5.00. The summed E-state index contributed by atoms with van der Waals surface area (Å²) in [4.78, 5) is 11.5. The molecule has 0 spiro atoms. The molecule has 84 valence electrons. The molecule has 0 bridgehead atoms. The topological polar surface area (TPSA) is 50.1 Å². The van der Waals surface area contributed by atoms with Gasteiger partial charge in [-0.2, -0.15) is 5.26 Å². The number of rotatable bonds is 4. The maximum atomic E-state index is 11.5. The Morgan fingerprint density at radius 2 is 2.31 bits per heavy atom. The van der Waals surface area contributed by atoms with Crippen molar-refractivity contribution in [3.63, 3.8) is 0 Å². The minimum Gasteiger partial charge on any atom is -0.462 e. The minimum atomic E-state index is -0.326. The Hall–Kier alpha value is -1.34. The van der Waals surface area contributed by atoms with Gasteiger partial charge in [-0.15, -0.1) is 0 Å². The second-order valence-electron chi connectivity index (χ2n) is 3.18. The first-order chi connectivity index (χ1) is 7.69. The van der Waals surface area contributed by atoms with Gasteiger partial charge in [-0.1, -0.05) is 15.9 Å². The Balaban J connectivity index is 2.89. The van der Waals surface area contributed by atoms with Gasteiger partial charge in [-0.05, 0) is 37.1 Å². The van der Waals surface area contributed by atoms with Crippen LogP contribution in [0.2, 0.25) is 0 Å². The van der Waals surface area contributed by atoms with Gasteiger partial charge in [0.1, 0.15) is 0 Å². The van der Waals surface area contributed by atoms with E-state index in [-0.39, 0.29) is 5.97 Å². The number of benzene rings is 1. The average Bonchev–Trinajstić information content (AvgIpc) is 2.28. The van der Waals surface area contributed by atoms with Crippen LogP contribution in [-0.4, -0.2) is 12.6 Å². The maximum Gasteiger partial charge on any atom is 0.338 e. The zero-order valence-corrected chi connectivity index (χ0v) is 10.6. The number of nitriles is 1. The van der Waals surface area contributed by atoms with E-state index < -0.39 is 0 Å². The summed E-state index contributed by atoms with van der Waals surface area (Å²) in [5.41, 5.74) is 1.48. The fraction of sp³-hybridized carbons (Fsp3) is 0.333. The zero-order valence-electron chi connectivity index (χ0n) is 9.00. The smallest absolute Gasteiger partial charge is 0.338 e. The molecule has 1 rings (SSSR count). The van der Waals surface area contributed by atoms with E-state index in [1.165, 1.54) is 0 Å². The molecule has 0 radical (unpaired) electrons. The fourth-order valence-electron chi connectivity index (χ4n) is 1.30. The van der Waals surface area contributed by atoms with E-state index in [4.69, 9.17) is 10.00 Å². The van der Waals surface area contributed by atoms with Crippen LogP contribution in [0.4, 0.5) is 0 Å². The van der Waals surface area contributed by atoms with Crippen LogP contribution in [0.3, 0.4) is 0 Å². The number of nitrogens with zero attached hydrogens (tertiary/aromatic N) is 1. The SMILES string of the molecule is CCOC(=O)c1ccc(Br)c(CCC#N)c1. The summed E-state index contributed by atoms with van der Waals surface area (Å²) >= 11 is 3.39. The summed E-state index contributed by atoms with van der Waals surface area (Å²) in [5, 5.41) is 8.52. The largest absolute Gasteiger partial charge is 0.462 e. The van der Waals surface area contributed by atoms with Crippen LogP contribution in [0.15, 0.2) is 22.7 Å². The summed E-state index contributed by atoms with van der Waals surface area (Å²) in [7, 11) is 0. The lowest BCUT2D eigenvalue weighted by molar-refractivity contribution is 0.0526. The second kappa shape index (κ2) is 6.29. The van der Waals surface area contributed by atoms with Crippen molar-refractivity contribution in [2.24, 2.45) is 0 Å². The van der Waals surface area contributed by atoms with Gasteiger partial charge in [0.25, 0.3) is 0 Å². The molecule has 0 aliphatic heterocycles. The van der Waals surface area contributed by atoms with Gasteiger partial charge in [0, 0.05) is 10.9 Å². The van der Waals surface area contributed by atoms with E-state index in [0.717, 1.165) is 10.0 Å². The molecule has 0 atom stereocenters. The molecule has 3 nitrogen and oxygen atoms in total. The van der Waals surface area contributed by atoms with Crippen molar-refractivity contribution in [3.8, 4) is 6.07 Å². The van der Waals surface area contributed by atoms with Crippen LogP contribution >= 0.6 is 15.9 Å². The quantitative estimate of drug-likeness (QED) is 0.797. The van der Waals surface area contributed by atoms with Gasteiger partial charge in [-0.3, -0.25) is 0 Å². The molecule has 16 heavy (non-hydrogen) atoms. The van der Waals surface area contributed by atoms with Crippen LogP contribution in [0, 0.1) is 11.3 Å². The Bertz CT molecular complexity index is 424. The average molecular weight is 282 g/mol. The first-order valence-corrected chi connectivity index (χ1v) is 5.80. The first-order valence-electron chi connectivity index (χ1n) is 5.01. The number of ether oxygens (including phenoxy) is 1. The molecular weight excluding hydrogens is 270 g/mol. The summed E-state index contributed by atoms with van der Waals surface area (Å²) < 4.78 is 5.82. The third-order valence-electron chi connectivity index (χ3n) is 2.06. The zero-order chi connectivity index (χ0) is 12.0. The highest BCUT2D eigenvalue weighted by molar-refractivity contribution is 9.10. The summed E-state index contributed by atoms with van der Waals surface area (Å²) in [6.45, 7) is 2.13. The Morgan fingerprint density at radius 1 is 1.56 bits per heavy atom. The summed E-state index contributed by atoms with van der Waals surface area (Å²) in [6, 6.07) is 7.35. The molecule has 1 aromatic rings. The standard InChI is InChI=1S/C12H12BrNO2/c1-2-16-12(15)10-5-6-11(13)9(8-10)4-3-7-14/h5-6,8H,2-4H2,1H3. The molecule has 0 heterocycles. The van der Waals surface area contributed by atoms with Crippen LogP contribution < -0.4 is 0 Å². The van der Waals surface area contributed by atoms with Gasteiger partial charge in [0.05, 0.1) is 18.2 Å². The highest BCUT2D eigenvalue weighted by Gasteiger charge is 2.09. The molecule has 0 amide bonds.